The number of carboxylic acid groups (broad SMARTS) is 1. The number of carbonyl (C=O) groups is 1. The zero-order valence-corrected chi connectivity index (χ0v) is 18.6. The molecule has 32 heavy (non-hydrogen) atoms. The van der Waals surface area contributed by atoms with E-state index in [0.29, 0.717) is 22.2 Å². The molecule has 0 unspecified atom stereocenters. The normalized spacial score (nSPS) is 11.0. The van der Waals surface area contributed by atoms with Gasteiger partial charge in [-0.2, -0.15) is 0 Å². The number of aromatic nitrogens is 2. The fraction of sp³-hybridized carbons (Fsp3) is 0.160. The highest BCUT2D eigenvalue weighted by molar-refractivity contribution is 6.31. The molecule has 0 fully saturated rings. The second-order valence-electron chi connectivity index (χ2n) is 7.65. The maximum Gasteiger partial charge on any atom is 0.335 e. The number of methoxy groups -OCH3 is 1. The molecular weight excluding hydrogens is 426 g/mol. The van der Waals surface area contributed by atoms with Crippen molar-refractivity contribution in [3.63, 3.8) is 0 Å². The molecule has 0 radical (unpaired) electrons. The van der Waals surface area contributed by atoms with E-state index in [9.17, 15) is 9.90 Å². The Kier molecular flexibility index (Phi) is 5.97. The Morgan fingerprint density at radius 3 is 2.44 bits per heavy atom. The van der Waals surface area contributed by atoms with Crippen LogP contribution in [0.4, 0.5) is 5.95 Å². The topological polar surface area (TPSA) is 84.3 Å². The summed E-state index contributed by atoms with van der Waals surface area (Å²) in [5.41, 5.74) is 4.29. The lowest BCUT2D eigenvalue weighted by Gasteiger charge is -2.17. The van der Waals surface area contributed by atoms with Crippen LogP contribution in [-0.2, 0) is 0 Å². The number of nitrogens with one attached hydrogen (secondary N) is 1. The Morgan fingerprint density at radius 1 is 1.06 bits per heavy atom. The third kappa shape index (κ3) is 4.22. The lowest BCUT2D eigenvalue weighted by molar-refractivity contribution is 0.0697. The molecule has 6 nitrogen and oxygen atoms in total. The van der Waals surface area contributed by atoms with Gasteiger partial charge in [-0.05, 0) is 60.9 Å². The fourth-order valence-electron chi connectivity index (χ4n) is 3.60. The fourth-order valence-corrected chi connectivity index (χ4v) is 3.79. The molecule has 0 saturated carbocycles. The summed E-state index contributed by atoms with van der Waals surface area (Å²) < 4.78 is 5.80. The second kappa shape index (κ2) is 8.85. The van der Waals surface area contributed by atoms with Gasteiger partial charge in [0, 0.05) is 28.2 Å². The maximum atomic E-state index is 11.3. The van der Waals surface area contributed by atoms with E-state index in [2.05, 4.69) is 10.3 Å². The Bertz CT molecular complexity index is 1300. The molecule has 0 spiro atoms. The molecule has 0 aliphatic heterocycles. The van der Waals surface area contributed by atoms with Crippen LogP contribution < -0.4 is 10.1 Å². The van der Waals surface area contributed by atoms with Crippen LogP contribution in [-0.4, -0.2) is 34.2 Å². The number of benzene rings is 3. The van der Waals surface area contributed by atoms with Crippen molar-refractivity contribution in [1.29, 1.82) is 0 Å². The van der Waals surface area contributed by atoms with Crippen LogP contribution >= 0.6 is 11.6 Å². The van der Waals surface area contributed by atoms with Gasteiger partial charge in [0.05, 0.1) is 12.7 Å². The van der Waals surface area contributed by atoms with E-state index in [1.807, 2.05) is 44.2 Å². The number of carboxylic acids is 1. The van der Waals surface area contributed by atoms with Gasteiger partial charge in [-0.3, -0.25) is 0 Å². The molecule has 0 bridgehead atoms. The van der Waals surface area contributed by atoms with Crippen LogP contribution in [0.25, 0.3) is 33.2 Å². The number of rotatable bonds is 6. The number of hydrogen-bond acceptors (Lipinski definition) is 5. The predicted octanol–water partition coefficient (Wildman–Crippen LogP) is 6.14. The van der Waals surface area contributed by atoms with Crippen LogP contribution in [0.5, 0.6) is 5.75 Å². The van der Waals surface area contributed by atoms with Gasteiger partial charge in [-0.1, -0.05) is 35.9 Å². The molecular formula is C25H22ClN3O3. The summed E-state index contributed by atoms with van der Waals surface area (Å²) in [7, 11) is 1.60. The third-order valence-electron chi connectivity index (χ3n) is 5.03. The van der Waals surface area contributed by atoms with E-state index in [-0.39, 0.29) is 11.6 Å². The average Bonchev–Trinajstić information content (AvgIpc) is 2.77. The molecule has 0 aliphatic rings. The Balaban J connectivity index is 2.02. The van der Waals surface area contributed by atoms with E-state index >= 15 is 0 Å². The summed E-state index contributed by atoms with van der Waals surface area (Å²) >= 11 is 6.27. The Morgan fingerprint density at radius 2 is 1.81 bits per heavy atom. The summed E-state index contributed by atoms with van der Waals surface area (Å²) in [6.45, 7) is 4.03. The molecule has 0 amide bonds. The van der Waals surface area contributed by atoms with Gasteiger partial charge in [0.2, 0.25) is 5.95 Å². The number of ether oxygens (including phenoxy) is 1. The molecule has 4 rings (SSSR count). The minimum atomic E-state index is -0.973. The summed E-state index contributed by atoms with van der Waals surface area (Å²) in [6.07, 6.45) is 1.78. The summed E-state index contributed by atoms with van der Waals surface area (Å²) in [4.78, 5) is 20.5. The van der Waals surface area contributed by atoms with Crippen molar-refractivity contribution < 1.29 is 14.6 Å². The number of aromatic carboxylic acids is 1. The van der Waals surface area contributed by atoms with Gasteiger partial charge < -0.3 is 15.2 Å². The smallest absolute Gasteiger partial charge is 0.335 e. The average molecular weight is 448 g/mol. The van der Waals surface area contributed by atoms with E-state index in [1.54, 1.807) is 37.6 Å². The second-order valence-corrected chi connectivity index (χ2v) is 8.09. The van der Waals surface area contributed by atoms with Crippen molar-refractivity contribution >= 4 is 34.4 Å². The first-order valence-electron chi connectivity index (χ1n) is 10.1. The van der Waals surface area contributed by atoms with Crippen LogP contribution in [0.2, 0.25) is 5.02 Å². The number of fused-ring (bicyclic) bond motifs is 1. The van der Waals surface area contributed by atoms with Crippen molar-refractivity contribution in [2.75, 3.05) is 12.4 Å². The molecule has 0 aliphatic carbocycles. The van der Waals surface area contributed by atoms with Crippen LogP contribution in [0, 0.1) is 0 Å². The summed E-state index contributed by atoms with van der Waals surface area (Å²) in [6, 6.07) is 16.4. The van der Waals surface area contributed by atoms with Crippen molar-refractivity contribution in [2.24, 2.45) is 0 Å². The van der Waals surface area contributed by atoms with Crippen molar-refractivity contribution in [3.05, 3.63) is 71.4 Å². The lowest BCUT2D eigenvalue weighted by Crippen LogP contribution is -2.12. The monoisotopic (exact) mass is 447 g/mol. The van der Waals surface area contributed by atoms with Crippen molar-refractivity contribution in [3.8, 4) is 28.0 Å². The number of halogens is 1. The van der Waals surface area contributed by atoms with Gasteiger partial charge >= 0.3 is 5.97 Å². The minimum Gasteiger partial charge on any atom is -0.494 e. The maximum absolute atomic E-state index is 11.3. The molecule has 162 valence electrons. The van der Waals surface area contributed by atoms with Crippen molar-refractivity contribution in [2.45, 2.75) is 19.9 Å². The molecule has 1 heterocycles. The molecule has 0 saturated heterocycles. The van der Waals surface area contributed by atoms with Gasteiger partial charge in [0.15, 0.2) is 5.75 Å². The van der Waals surface area contributed by atoms with Crippen LogP contribution in [0.15, 0.2) is 60.8 Å². The number of anilines is 1. The van der Waals surface area contributed by atoms with E-state index < -0.39 is 5.97 Å². The summed E-state index contributed by atoms with van der Waals surface area (Å²) in [5, 5.41) is 13.9. The zero-order valence-electron chi connectivity index (χ0n) is 17.9. The summed E-state index contributed by atoms with van der Waals surface area (Å²) in [5.74, 6) is 0.114. The minimum absolute atomic E-state index is 0.164. The molecule has 7 heteroatoms. The Labute approximate surface area is 190 Å². The molecule has 4 aromatic rings. The largest absolute Gasteiger partial charge is 0.494 e. The number of hydrogen-bond donors (Lipinski definition) is 2. The highest BCUT2D eigenvalue weighted by Gasteiger charge is 2.19. The van der Waals surface area contributed by atoms with E-state index in [0.717, 1.165) is 27.6 Å². The first-order chi connectivity index (χ1) is 15.4. The Hall–Kier alpha value is -3.64. The number of nitrogens with zero attached hydrogens (tertiary/aromatic N) is 2. The van der Waals surface area contributed by atoms with E-state index in [1.165, 1.54) is 0 Å². The highest BCUT2D eigenvalue weighted by Crippen LogP contribution is 2.42. The van der Waals surface area contributed by atoms with Crippen molar-refractivity contribution in [1.82, 2.24) is 9.97 Å². The molecule has 0 atom stereocenters. The van der Waals surface area contributed by atoms with Gasteiger partial charge in [0.25, 0.3) is 0 Å². The highest BCUT2D eigenvalue weighted by atomic mass is 35.5. The predicted molar refractivity (Wildman–Crippen MR) is 128 cm³/mol. The first kappa shape index (κ1) is 21.6. The van der Waals surface area contributed by atoms with Crippen LogP contribution in [0.3, 0.4) is 0 Å². The lowest BCUT2D eigenvalue weighted by atomic mass is 9.94. The van der Waals surface area contributed by atoms with Gasteiger partial charge in [-0.25, -0.2) is 14.8 Å². The standard InChI is InChI=1S/C25H22ClN3O3/c1-14(2)28-25-27-13-21-19(17-5-4-6-18(26)11-17)12-20(23(32-3)22(21)29-25)15-7-9-16(10-8-15)24(30)31/h4-14H,1-3H3,(H,30,31)(H,27,28,29). The van der Waals surface area contributed by atoms with Gasteiger partial charge in [0.1, 0.15) is 5.52 Å². The molecule has 2 N–H and O–H groups in total. The first-order valence-corrected chi connectivity index (χ1v) is 10.5. The SMILES string of the molecule is COc1c(-c2ccc(C(=O)O)cc2)cc(-c2cccc(Cl)c2)c2cnc(NC(C)C)nc12. The quantitative estimate of drug-likeness (QED) is 0.369. The zero-order chi connectivity index (χ0) is 22.8. The third-order valence-corrected chi connectivity index (χ3v) is 5.26. The molecule has 3 aromatic carbocycles. The molecule has 1 aromatic heterocycles. The van der Waals surface area contributed by atoms with Crippen LogP contribution in [0.1, 0.15) is 24.2 Å². The van der Waals surface area contributed by atoms with Gasteiger partial charge in [-0.15, -0.1) is 0 Å². The van der Waals surface area contributed by atoms with E-state index in [4.69, 9.17) is 21.3 Å².